The van der Waals surface area contributed by atoms with E-state index in [1.807, 2.05) is 6.07 Å². The first kappa shape index (κ1) is 15.2. The van der Waals surface area contributed by atoms with Crippen molar-refractivity contribution >= 4 is 23.3 Å². The van der Waals surface area contributed by atoms with Gasteiger partial charge in [-0.3, -0.25) is 0 Å². The Morgan fingerprint density at radius 3 is 2.58 bits per heavy atom. The summed E-state index contributed by atoms with van der Waals surface area (Å²) in [4.78, 5) is 0. The van der Waals surface area contributed by atoms with Crippen LogP contribution >= 0.6 is 11.6 Å². The smallest absolute Gasteiger partial charge is 0.0412 e. The van der Waals surface area contributed by atoms with Crippen molar-refractivity contribution in [2.75, 3.05) is 0 Å². The van der Waals surface area contributed by atoms with E-state index in [2.05, 4.69) is 73.7 Å². The van der Waals surface area contributed by atoms with Crippen LogP contribution in [0.25, 0.3) is 22.8 Å². The maximum atomic E-state index is 6.27. The van der Waals surface area contributed by atoms with Gasteiger partial charge in [0.2, 0.25) is 0 Å². The summed E-state index contributed by atoms with van der Waals surface area (Å²) in [5.41, 5.74) is 9.37. The zero-order chi connectivity index (χ0) is 16.5. The Hall–Kier alpha value is -2.31. The number of hydrogen-bond donors (Lipinski definition) is 0. The van der Waals surface area contributed by atoms with Crippen LogP contribution in [0.2, 0.25) is 5.02 Å². The molecule has 0 saturated carbocycles. The summed E-state index contributed by atoms with van der Waals surface area (Å²) in [6, 6.07) is 23.5. The molecule has 0 radical (unpaired) electrons. The minimum atomic E-state index is 0.807. The molecule has 3 aromatic carbocycles. The van der Waals surface area contributed by atoms with E-state index in [-0.39, 0.29) is 0 Å². The first-order valence-electron chi connectivity index (χ1n) is 8.43. The molecule has 0 spiro atoms. The molecule has 1 heteroatoms. The molecule has 0 bridgehead atoms. The first-order valence-corrected chi connectivity index (χ1v) is 8.80. The summed E-state index contributed by atoms with van der Waals surface area (Å²) < 4.78 is 0. The van der Waals surface area contributed by atoms with Gasteiger partial charge in [-0.05, 0) is 63.9 Å². The maximum Gasteiger partial charge on any atom is 0.0412 e. The van der Waals surface area contributed by atoms with Crippen molar-refractivity contribution in [3.05, 3.63) is 94.0 Å². The molecule has 0 nitrogen and oxygen atoms in total. The molecule has 1 aliphatic carbocycles. The summed E-state index contributed by atoms with van der Waals surface area (Å²) in [7, 11) is 0. The van der Waals surface area contributed by atoms with Crippen molar-refractivity contribution in [3.63, 3.8) is 0 Å². The Bertz CT molecular complexity index is 920. The third-order valence-corrected chi connectivity index (χ3v) is 4.98. The second-order valence-corrected chi connectivity index (χ2v) is 6.69. The zero-order valence-corrected chi connectivity index (χ0v) is 14.5. The lowest BCUT2D eigenvalue weighted by molar-refractivity contribution is 1.23. The minimum Gasteiger partial charge on any atom is -0.0843 e. The second kappa shape index (κ2) is 6.30. The molecule has 0 unspecified atom stereocenters. The largest absolute Gasteiger partial charge is 0.0843 e. The molecule has 3 aromatic rings. The summed E-state index contributed by atoms with van der Waals surface area (Å²) in [5, 5.41) is 0.807. The average Bonchev–Trinajstić information content (AvgIpc) is 2.98. The van der Waals surface area contributed by atoms with Crippen molar-refractivity contribution < 1.29 is 0 Å². The highest BCUT2D eigenvalue weighted by atomic mass is 35.5. The quantitative estimate of drug-likeness (QED) is 0.360. The van der Waals surface area contributed by atoms with Crippen molar-refractivity contribution in [2.45, 2.75) is 19.8 Å². The van der Waals surface area contributed by atoms with Gasteiger partial charge < -0.3 is 0 Å². The normalized spacial score (nSPS) is 12.8. The lowest BCUT2D eigenvalue weighted by Crippen LogP contribution is -1.90. The van der Waals surface area contributed by atoms with Crippen LogP contribution in [0.3, 0.4) is 0 Å². The Morgan fingerprint density at radius 1 is 0.958 bits per heavy atom. The molecule has 0 heterocycles. The Morgan fingerprint density at radius 2 is 1.79 bits per heavy atom. The number of fused-ring (bicyclic) bond motifs is 3. The Kier molecular flexibility index (Phi) is 4.00. The van der Waals surface area contributed by atoms with Gasteiger partial charge in [-0.25, -0.2) is 0 Å². The van der Waals surface area contributed by atoms with Crippen LogP contribution in [-0.4, -0.2) is 0 Å². The second-order valence-electron chi connectivity index (χ2n) is 6.25. The molecule has 24 heavy (non-hydrogen) atoms. The third kappa shape index (κ3) is 2.68. The summed E-state index contributed by atoms with van der Waals surface area (Å²) in [6.45, 7) is 2.22. The predicted octanol–water partition coefficient (Wildman–Crippen LogP) is 6.86. The van der Waals surface area contributed by atoms with E-state index in [0.717, 1.165) is 17.9 Å². The number of benzene rings is 3. The highest BCUT2D eigenvalue weighted by molar-refractivity contribution is 6.31. The van der Waals surface area contributed by atoms with Crippen molar-refractivity contribution in [1.29, 1.82) is 0 Å². The van der Waals surface area contributed by atoms with E-state index in [0.29, 0.717) is 0 Å². The fourth-order valence-corrected chi connectivity index (χ4v) is 3.77. The van der Waals surface area contributed by atoms with Crippen molar-refractivity contribution in [1.82, 2.24) is 0 Å². The molecule has 0 atom stereocenters. The van der Waals surface area contributed by atoms with Gasteiger partial charge >= 0.3 is 0 Å². The molecule has 0 amide bonds. The van der Waals surface area contributed by atoms with E-state index in [1.54, 1.807) is 0 Å². The van der Waals surface area contributed by atoms with Crippen LogP contribution in [-0.2, 0) is 6.42 Å². The van der Waals surface area contributed by atoms with Gasteiger partial charge in [0.05, 0.1) is 0 Å². The SMILES string of the molecule is CC/C(=C/c1ccccc1)c1cccc2c1-c1cc(Cl)ccc1C2. The van der Waals surface area contributed by atoms with Crippen molar-refractivity contribution in [3.8, 4) is 11.1 Å². The van der Waals surface area contributed by atoms with Gasteiger partial charge in [-0.2, -0.15) is 0 Å². The standard InChI is InChI=1S/C23H19Cl/c1-2-17(13-16-7-4-3-5-8-16)21-10-6-9-19-14-18-11-12-20(24)15-22(18)23(19)21/h3-13,15H,2,14H2,1H3/b17-13-. The minimum absolute atomic E-state index is 0.807. The van der Waals surface area contributed by atoms with Crippen molar-refractivity contribution in [2.24, 2.45) is 0 Å². The number of rotatable bonds is 3. The van der Waals surface area contributed by atoms with Crippen LogP contribution in [0.15, 0.2) is 66.7 Å². The van der Waals surface area contributed by atoms with Gasteiger partial charge in [0, 0.05) is 5.02 Å². The topological polar surface area (TPSA) is 0 Å². The lowest BCUT2D eigenvalue weighted by Gasteiger charge is -2.13. The molecule has 0 N–H and O–H groups in total. The fourth-order valence-electron chi connectivity index (χ4n) is 3.59. The van der Waals surface area contributed by atoms with Gasteiger partial charge in [-0.1, -0.05) is 79.2 Å². The average molecular weight is 331 g/mol. The molecule has 4 rings (SSSR count). The maximum absolute atomic E-state index is 6.27. The van der Waals surface area contributed by atoms with Crippen LogP contribution in [0.4, 0.5) is 0 Å². The summed E-state index contributed by atoms with van der Waals surface area (Å²) in [5.74, 6) is 0. The molecular weight excluding hydrogens is 312 g/mol. The van der Waals surface area contributed by atoms with E-state index in [9.17, 15) is 0 Å². The van der Waals surface area contributed by atoms with Crippen LogP contribution in [0, 0.1) is 0 Å². The number of hydrogen-bond acceptors (Lipinski definition) is 0. The summed E-state index contributed by atoms with van der Waals surface area (Å²) >= 11 is 6.27. The van der Waals surface area contributed by atoms with Gasteiger partial charge in [0.25, 0.3) is 0 Å². The highest BCUT2D eigenvalue weighted by Crippen LogP contribution is 2.43. The lowest BCUT2D eigenvalue weighted by atomic mass is 9.92. The van der Waals surface area contributed by atoms with E-state index < -0.39 is 0 Å². The third-order valence-electron chi connectivity index (χ3n) is 4.74. The predicted molar refractivity (Wildman–Crippen MR) is 104 cm³/mol. The Labute approximate surface area is 148 Å². The van der Waals surface area contributed by atoms with E-state index in [4.69, 9.17) is 11.6 Å². The fraction of sp³-hybridized carbons (Fsp3) is 0.130. The number of allylic oxidation sites excluding steroid dienone is 1. The van der Waals surface area contributed by atoms with E-state index in [1.165, 1.54) is 39.0 Å². The number of halogens is 1. The molecule has 1 aliphatic rings. The van der Waals surface area contributed by atoms with Crippen LogP contribution < -0.4 is 0 Å². The van der Waals surface area contributed by atoms with Gasteiger partial charge in [0.1, 0.15) is 0 Å². The van der Waals surface area contributed by atoms with E-state index >= 15 is 0 Å². The molecule has 0 aliphatic heterocycles. The van der Waals surface area contributed by atoms with Gasteiger partial charge in [-0.15, -0.1) is 0 Å². The highest BCUT2D eigenvalue weighted by Gasteiger charge is 2.22. The molecule has 0 fully saturated rings. The van der Waals surface area contributed by atoms with Gasteiger partial charge in [0.15, 0.2) is 0 Å². The molecular formula is C23H19Cl. The molecule has 0 aromatic heterocycles. The van der Waals surface area contributed by atoms with Crippen LogP contribution in [0.1, 0.15) is 35.6 Å². The Balaban J connectivity index is 1.89. The first-order chi connectivity index (χ1) is 11.8. The van der Waals surface area contributed by atoms with Crippen LogP contribution in [0.5, 0.6) is 0 Å². The zero-order valence-electron chi connectivity index (χ0n) is 13.7. The molecule has 118 valence electrons. The summed E-state index contributed by atoms with van der Waals surface area (Å²) in [6.07, 6.45) is 4.30. The molecule has 0 saturated heterocycles. The monoisotopic (exact) mass is 330 g/mol.